The number of aryl methyl sites for hydroxylation is 1. The van der Waals surface area contributed by atoms with Gasteiger partial charge in [-0.05, 0) is 24.3 Å². The minimum atomic E-state index is 0.286. The van der Waals surface area contributed by atoms with Gasteiger partial charge in [-0.15, -0.1) is 11.8 Å². The summed E-state index contributed by atoms with van der Waals surface area (Å²) in [4.78, 5) is 5.06. The lowest BCUT2D eigenvalue weighted by Crippen LogP contribution is -2.02. The highest BCUT2D eigenvalue weighted by atomic mass is 35.5. The van der Waals surface area contributed by atoms with E-state index in [9.17, 15) is 0 Å². The first kappa shape index (κ1) is 12.8. The van der Waals surface area contributed by atoms with Crippen molar-refractivity contribution in [3.63, 3.8) is 0 Å². The van der Waals surface area contributed by atoms with E-state index in [1.165, 1.54) is 0 Å². The van der Waals surface area contributed by atoms with Gasteiger partial charge in [-0.2, -0.15) is 5.26 Å². The van der Waals surface area contributed by atoms with Gasteiger partial charge in [0.2, 0.25) is 0 Å². The fraction of sp³-hybridized carbons (Fsp3) is 0.167. The molecule has 0 amide bonds. The molecule has 0 saturated heterocycles. The molecule has 0 spiro atoms. The van der Waals surface area contributed by atoms with Crippen LogP contribution in [0.1, 0.15) is 5.69 Å². The molecule has 0 fully saturated rings. The molecule has 92 valence electrons. The fourth-order valence-electron chi connectivity index (χ4n) is 1.48. The SMILES string of the molecule is N#Cc1c(N)ncn1CCSc1ccc(Cl)cc1. The van der Waals surface area contributed by atoms with Crippen LogP contribution in [0.4, 0.5) is 5.82 Å². The monoisotopic (exact) mass is 278 g/mol. The van der Waals surface area contributed by atoms with Gasteiger partial charge in [0.15, 0.2) is 11.5 Å². The minimum absolute atomic E-state index is 0.286. The summed E-state index contributed by atoms with van der Waals surface area (Å²) in [5, 5.41) is 9.65. The van der Waals surface area contributed by atoms with Crippen molar-refractivity contribution < 1.29 is 0 Å². The van der Waals surface area contributed by atoms with Gasteiger partial charge in [0.05, 0.1) is 6.33 Å². The standard InChI is InChI=1S/C12H11ClN4S/c13-9-1-3-10(4-2-9)18-6-5-17-8-16-12(15)11(17)7-14/h1-4,8H,5-6,15H2. The van der Waals surface area contributed by atoms with Gasteiger partial charge in [-0.1, -0.05) is 11.6 Å². The highest BCUT2D eigenvalue weighted by Gasteiger charge is 2.06. The number of nitriles is 1. The van der Waals surface area contributed by atoms with E-state index >= 15 is 0 Å². The Hall–Kier alpha value is -1.64. The zero-order valence-corrected chi connectivity index (χ0v) is 11.1. The van der Waals surface area contributed by atoms with E-state index in [-0.39, 0.29) is 5.82 Å². The van der Waals surface area contributed by atoms with Crippen molar-refractivity contribution in [3.8, 4) is 6.07 Å². The molecule has 18 heavy (non-hydrogen) atoms. The molecular weight excluding hydrogens is 268 g/mol. The van der Waals surface area contributed by atoms with Crippen molar-refractivity contribution in [2.45, 2.75) is 11.4 Å². The lowest BCUT2D eigenvalue weighted by atomic mass is 10.4. The second-order valence-corrected chi connectivity index (χ2v) is 5.19. The highest BCUT2D eigenvalue weighted by Crippen LogP contribution is 2.21. The van der Waals surface area contributed by atoms with Gasteiger partial charge in [0.1, 0.15) is 6.07 Å². The molecule has 6 heteroatoms. The first-order valence-corrected chi connectivity index (χ1v) is 6.66. The maximum Gasteiger partial charge on any atom is 0.164 e. The van der Waals surface area contributed by atoms with Crippen LogP contribution in [0.15, 0.2) is 35.5 Å². The number of benzene rings is 1. The first-order valence-electron chi connectivity index (χ1n) is 5.30. The lowest BCUT2D eigenvalue weighted by Gasteiger charge is -2.04. The number of nitrogen functional groups attached to an aromatic ring is 1. The average molecular weight is 279 g/mol. The Morgan fingerprint density at radius 2 is 2.11 bits per heavy atom. The fourth-order valence-corrected chi connectivity index (χ4v) is 2.46. The molecule has 0 aliphatic heterocycles. The molecule has 0 atom stereocenters. The summed E-state index contributed by atoms with van der Waals surface area (Å²) in [6.45, 7) is 0.695. The molecule has 0 aliphatic rings. The van der Waals surface area contributed by atoms with Crippen LogP contribution >= 0.6 is 23.4 Å². The number of halogens is 1. The van der Waals surface area contributed by atoms with Crippen LogP contribution in [0.25, 0.3) is 0 Å². The van der Waals surface area contributed by atoms with Crippen LogP contribution in [-0.2, 0) is 6.54 Å². The molecule has 2 aromatic rings. The van der Waals surface area contributed by atoms with Crippen molar-refractivity contribution in [1.29, 1.82) is 5.26 Å². The molecule has 2 N–H and O–H groups in total. The summed E-state index contributed by atoms with van der Waals surface area (Å²) >= 11 is 7.51. The Morgan fingerprint density at radius 3 is 2.78 bits per heavy atom. The Kier molecular flexibility index (Phi) is 4.13. The summed E-state index contributed by atoms with van der Waals surface area (Å²) in [7, 11) is 0. The number of rotatable bonds is 4. The molecule has 1 aromatic heterocycles. The normalized spacial score (nSPS) is 10.2. The molecule has 0 aliphatic carbocycles. The molecular formula is C12H11ClN4S. The van der Waals surface area contributed by atoms with Crippen LogP contribution in [0.5, 0.6) is 0 Å². The van der Waals surface area contributed by atoms with E-state index in [0.717, 1.165) is 15.7 Å². The predicted octanol–water partition coefficient (Wildman–Crippen LogP) is 2.78. The highest BCUT2D eigenvalue weighted by molar-refractivity contribution is 7.99. The number of nitrogens with two attached hydrogens (primary N) is 1. The van der Waals surface area contributed by atoms with Gasteiger partial charge in [0, 0.05) is 22.2 Å². The van der Waals surface area contributed by atoms with E-state index in [4.69, 9.17) is 22.6 Å². The van der Waals surface area contributed by atoms with Crippen LogP contribution in [0, 0.1) is 11.3 Å². The van der Waals surface area contributed by atoms with Crippen molar-refractivity contribution in [3.05, 3.63) is 41.3 Å². The van der Waals surface area contributed by atoms with Gasteiger partial charge in [-0.3, -0.25) is 0 Å². The van der Waals surface area contributed by atoms with Crippen LogP contribution < -0.4 is 5.73 Å². The number of hydrogen-bond donors (Lipinski definition) is 1. The topological polar surface area (TPSA) is 67.6 Å². The van der Waals surface area contributed by atoms with Crippen molar-refractivity contribution in [1.82, 2.24) is 9.55 Å². The van der Waals surface area contributed by atoms with Crippen molar-refractivity contribution >= 4 is 29.2 Å². The van der Waals surface area contributed by atoms with Gasteiger partial charge in [0.25, 0.3) is 0 Å². The Bertz CT molecular complexity index is 571. The second-order valence-electron chi connectivity index (χ2n) is 3.59. The average Bonchev–Trinajstić information content (AvgIpc) is 2.72. The third-order valence-electron chi connectivity index (χ3n) is 2.39. The molecule has 0 radical (unpaired) electrons. The molecule has 4 nitrogen and oxygen atoms in total. The number of imidazole rings is 1. The number of aromatic nitrogens is 2. The molecule has 2 rings (SSSR count). The zero-order chi connectivity index (χ0) is 13.0. The van der Waals surface area contributed by atoms with E-state index in [1.807, 2.05) is 30.3 Å². The summed E-state index contributed by atoms with van der Waals surface area (Å²) < 4.78 is 1.76. The third-order valence-corrected chi connectivity index (χ3v) is 3.63. The summed E-state index contributed by atoms with van der Waals surface area (Å²) in [6.07, 6.45) is 1.59. The number of thioether (sulfide) groups is 1. The zero-order valence-electron chi connectivity index (χ0n) is 9.51. The molecule has 1 aromatic carbocycles. The quantitative estimate of drug-likeness (QED) is 0.873. The Balaban J connectivity index is 1.93. The maximum atomic E-state index is 8.92. The molecule has 0 bridgehead atoms. The molecule has 1 heterocycles. The number of anilines is 1. The lowest BCUT2D eigenvalue weighted by molar-refractivity contribution is 0.760. The summed E-state index contributed by atoms with van der Waals surface area (Å²) in [5.74, 6) is 1.13. The molecule has 0 saturated carbocycles. The van der Waals surface area contributed by atoms with E-state index in [0.29, 0.717) is 12.2 Å². The van der Waals surface area contributed by atoms with E-state index < -0.39 is 0 Å². The predicted molar refractivity (Wildman–Crippen MR) is 73.5 cm³/mol. The maximum absolute atomic E-state index is 8.92. The first-order chi connectivity index (χ1) is 8.70. The largest absolute Gasteiger partial charge is 0.381 e. The summed E-state index contributed by atoms with van der Waals surface area (Å²) in [6, 6.07) is 9.72. The Morgan fingerprint density at radius 1 is 1.39 bits per heavy atom. The van der Waals surface area contributed by atoms with Crippen molar-refractivity contribution in [2.75, 3.05) is 11.5 Å². The summed E-state index contributed by atoms with van der Waals surface area (Å²) in [5.41, 5.74) is 6.00. The minimum Gasteiger partial charge on any atom is -0.381 e. The van der Waals surface area contributed by atoms with Crippen LogP contribution in [-0.4, -0.2) is 15.3 Å². The van der Waals surface area contributed by atoms with Gasteiger partial charge < -0.3 is 10.3 Å². The van der Waals surface area contributed by atoms with Crippen molar-refractivity contribution in [2.24, 2.45) is 0 Å². The second kappa shape index (κ2) is 5.80. The van der Waals surface area contributed by atoms with Gasteiger partial charge in [-0.25, -0.2) is 4.98 Å². The van der Waals surface area contributed by atoms with E-state index in [1.54, 1.807) is 22.7 Å². The number of hydrogen-bond acceptors (Lipinski definition) is 4. The Labute approximate surface area is 114 Å². The smallest absolute Gasteiger partial charge is 0.164 e. The molecule has 0 unspecified atom stereocenters. The van der Waals surface area contributed by atoms with Gasteiger partial charge >= 0.3 is 0 Å². The third kappa shape index (κ3) is 2.97. The van der Waals surface area contributed by atoms with Crippen LogP contribution in [0.2, 0.25) is 5.02 Å². The van der Waals surface area contributed by atoms with E-state index in [2.05, 4.69) is 4.98 Å². The van der Waals surface area contributed by atoms with Crippen LogP contribution in [0.3, 0.4) is 0 Å². The number of nitrogens with zero attached hydrogens (tertiary/aromatic N) is 3.